The summed E-state index contributed by atoms with van der Waals surface area (Å²) in [5, 5.41) is 5.90. The van der Waals surface area contributed by atoms with Gasteiger partial charge in [-0.05, 0) is 53.8 Å². The molecule has 9 nitrogen and oxygen atoms in total. The van der Waals surface area contributed by atoms with E-state index in [0.717, 1.165) is 56.0 Å². The molecule has 5 rings (SSSR count). The number of fused-ring (bicyclic) bond motifs is 1. The maximum absolute atomic E-state index is 12.9. The number of hydrogen-bond donors (Lipinski definition) is 2. The van der Waals surface area contributed by atoms with Gasteiger partial charge in [-0.1, -0.05) is 23.7 Å². The quantitative estimate of drug-likeness (QED) is 0.536. The molecule has 0 saturated carbocycles. The Morgan fingerprint density at radius 2 is 1.92 bits per heavy atom. The zero-order valence-electron chi connectivity index (χ0n) is 20.4. The number of hydrogen-bond acceptors (Lipinski definition) is 6. The lowest BCUT2D eigenvalue weighted by Gasteiger charge is -2.29. The minimum atomic E-state index is -0.650. The molecule has 37 heavy (non-hydrogen) atoms. The third-order valence-corrected chi connectivity index (χ3v) is 7.52. The van der Waals surface area contributed by atoms with Gasteiger partial charge in [-0.15, -0.1) is 0 Å². The summed E-state index contributed by atoms with van der Waals surface area (Å²) < 4.78 is 5.39. The number of carbonyl (C=O) groups is 4. The summed E-state index contributed by atoms with van der Waals surface area (Å²) in [6, 6.07) is 10.1. The second kappa shape index (κ2) is 11.0. The Morgan fingerprint density at radius 1 is 1.11 bits per heavy atom. The van der Waals surface area contributed by atoms with Gasteiger partial charge in [0.1, 0.15) is 6.04 Å². The van der Waals surface area contributed by atoms with Crippen molar-refractivity contribution in [2.45, 2.75) is 38.4 Å². The van der Waals surface area contributed by atoms with Crippen LogP contribution in [0.1, 0.15) is 50.2 Å². The number of carbonyl (C=O) groups excluding carboxylic acids is 4. The van der Waals surface area contributed by atoms with Crippen molar-refractivity contribution in [3.63, 3.8) is 0 Å². The lowest BCUT2D eigenvalue weighted by atomic mass is 10.0. The first-order chi connectivity index (χ1) is 17.9. The molecule has 0 aliphatic carbocycles. The van der Waals surface area contributed by atoms with Crippen molar-refractivity contribution in [1.82, 2.24) is 20.4 Å². The van der Waals surface area contributed by atoms with Crippen LogP contribution < -0.4 is 10.6 Å². The average Bonchev–Trinajstić information content (AvgIpc) is 3.22. The first kappa shape index (κ1) is 25.4. The monoisotopic (exact) mass is 524 g/mol. The number of amides is 4. The predicted molar refractivity (Wildman–Crippen MR) is 136 cm³/mol. The van der Waals surface area contributed by atoms with Gasteiger partial charge in [-0.25, -0.2) is 0 Å². The fourth-order valence-corrected chi connectivity index (χ4v) is 5.25. The van der Waals surface area contributed by atoms with Crippen LogP contribution in [0.5, 0.6) is 0 Å². The van der Waals surface area contributed by atoms with E-state index in [-0.39, 0.29) is 24.1 Å². The number of nitrogens with one attached hydrogen (secondary N) is 2. The minimum absolute atomic E-state index is 0.203. The molecule has 10 heteroatoms. The summed E-state index contributed by atoms with van der Waals surface area (Å²) >= 11 is 6.39. The summed E-state index contributed by atoms with van der Waals surface area (Å²) in [6.45, 7) is 4.73. The zero-order chi connectivity index (χ0) is 25.9. The number of nitrogens with zero attached hydrogens (tertiary/aromatic N) is 2. The Morgan fingerprint density at radius 3 is 2.70 bits per heavy atom. The number of morpholine rings is 1. The van der Waals surface area contributed by atoms with E-state index in [1.165, 1.54) is 4.90 Å². The Bertz CT molecular complexity index is 1240. The number of imide groups is 1. The van der Waals surface area contributed by atoms with Crippen molar-refractivity contribution in [2.24, 2.45) is 0 Å². The molecule has 2 aromatic rings. The molecule has 1 unspecified atom stereocenters. The molecule has 3 heterocycles. The summed E-state index contributed by atoms with van der Waals surface area (Å²) in [6.07, 6.45) is 1.29. The third-order valence-electron chi connectivity index (χ3n) is 7.15. The van der Waals surface area contributed by atoms with Crippen LogP contribution in [0.25, 0.3) is 0 Å². The molecule has 2 aromatic carbocycles. The lowest BCUT2D eigenvalue weighted by Crippen LogP contribution is -2.52. The SMILES string of the molecule is O=C1CCC(N2Cc3cc(CNC(=O)c4ccc(Cl)c(CCN5CCOCC5)c4)ccc3C2=O)C(=O)N1. The van der Waals surface area contributed by atoms with Crippen LogP contribution in [0.4, 0.5) is 0 Å². The number of rotatable bonds is 7. The molecule has 1 atom stereocenters. The molecule has 0 aromatic heterocycles. The largest absolute Gasteiger partial charge is 0.379 e. The second-order valence-corrected chi connectivity index (χ2v) is 9.99. The molecule has 0 bridgehead atoms. The topological polar surface area (TPSA) is 108 Å². The summed E-state index contributed by atoms with van der Waals surface area (Å²) in [5.74, 6) is -1.16. The summed E-state index contributed by atoms with van der Waals surface area (Å²) in [7, 11) is 0. The van der Waals surface area contributed by atoms with Gasteiger partial charge in [-0.3, -0.25) is 29.4 Å². The van der Waals surface area contributed by atoms with Crippen molar-refractivity contribution >= 4 is 35.2 Å². The van der Waals surface area contributed by atoms with Crippen molar-refractivity contribution in [3.05, 3.63) is 69.2 Å². The maximum Gasteiger partial charge on any atom is 0.255 e. The predicted octanol–water partition coefficient (Wildman–Crippen LogP) is 1.91. The van der Waals surface area contributed by atoms with E-state index in [2.05, 4.69) is 15.5 Å². The van der Waals surface area contributed by atoms with Crippen LogP contribution in [0, 0.1) is 0 Å². The van der Waals surface area contributed by atoms with Gasteiger partial charge < -0.3 is 15.0 Å². The molecule has 0 spiro atoms. The molecule has 3 aliphatic heterocycles. The highest BCUT2D eigenvalue weighted by atomic mass is 35.5. The van der Waals surface area contributed by atoms with Gasteiger partial charge in [0, 0.05) is 55.3 Å². The molecular formula is C27H29ClN4O5. The normalized spacial score (nSPS) is 20.1. The van der Waals surface area contributed by atoms with Crippen LogP contribution in [-0.4, -0.2) is 72.3 Å². The smallest absolute Gasteiger partial charge is 0.255 e. The van der Waals surface area contributed by atoms with Gasteiger partial charge in [-0.2, -0.15) is 0 Å². The molecule has 194 valence electrons. The van der Waals surface area contributed by atoms with Crippen molar-refractivity contribution < 1.29 is 23.9 Å². The van der Waals surface area contributed by atoms with E-state index >= 15 is 0 Å². The molecule has 0 radical (unpaired) electrons. The van der Waals surface area contributed by atoms with E-state index in [9.17, 15) is 19.2 Å². The van der Waals surface area contributed by atoms with Gasteiger partial charge in [0.25, 0.3) is 11.8 Å². The van der Waals surface area contributed by atoms with Crippen molar-refractivity contribution in [2.75, 3.05) is 32.8 Å². The Hall–Kier alpha value is -3.27. The molecular weight excluding hydrogens is 496 g/mol. The summed E-state index contributed by atoms with van der Waals surface area (Å²) in [5.41, 5.74) is 3.68. The van der Waals surface area contributed by atoms with Crippen LogP contribution in [0.15, 0.2) is 36.4 Å². The fraction of sp³-hybridized carbons (Fsp3) is 0.407. The lowest BCUT2D eigenvalue weighted by molar-refractivity contribution is -0.136. The van der Waals surface area contributed by atoms with Crippen LogP contribution in [0.2, 0.25) is 5.02 Å². The highest BCUT2D eigenvalue weighted by molar-refractivity contribution is 6.31. The van der Waals surface area contributed by atoms with E-state index < -0.39 is 11.9 Å². The van der Waals surface area contributed by atoms with Gasteiger partial charge in [0.05, 0.1) is 13.2 Å². The number of halogens is 1. The first-order valence-electron chi connectivity index (χ1n) is 12.5. The molecule has 3 aliphatic rings. The second-order valence-electron chi connectivity index (χ2n) is 9.58. The van der Waals surface area contributed by atoms with E-state index in [1.54, 1.807) is 24.3 Å². The van der Waals surface area contributed by atoms with Gasteiger partial charge >= 0.3 is 0 Å². The highest BCUT2D eigenvalue weighted by Gasteiger charge is 2.39. The standard InChI is InChI=1S/C27H29ClN4O5/c28-22-4-2-19(14-18(22)7-8-31-9-11-37-12-10-31)25(34)29-15-17-1-3-21-20(13-17)16-32(27(21)36)23-5-6-24(33)30-26(23)35/h1-4,13-14,23H,5-12,15-16H2,(H,29,34)(H,30,33,35). The number of piperidine rings is 1. The average molecular weight is 525 g/mol. The van der Waals surface area contributed by atoms with Gasteiger partial charge in [0.15, 0.2) is 0 Å². The Labute approximate surface area is 220 Å². The van der Waals surface area contributed by atoms with Crippen LogP contribution in [0.3, 0.4) is 0 Å². The van der Waals surface area contributed by atoms with Gasteiger partial charge in [0.2, 0.25) is 11.8 Å². The highest BCUT2D eigenvalue weighted by Crippen LogP contribution is 2.28. The zero-order valence-corrected chi connectivity index (χ0v) is 21.2. The van der Waals surface area contributed by atoms with Crippen LogP contribution in [-0.2, 0) is 33.8 Å². The van der Waals surface area contributed by atoms with Crippen LogP contribution >= 0.6 is 11.6 Å². The van der Waals surface area contributed by atoms with E-state index in [1.807, 2.05) is 12.1 Å². The molecule has 2 fully saturated rings. The van der Waals surface area contributed by atoms with E-state index in [4.69, 9.17) is 16.3 Å². The molecule has 4 amide bonds. The number of ether oxygens (including phenoxy) is 1. The Kier molecular flexibility index (Phi) is 7.55. The molecule has 2 N–H and O–H groups in total. The Balaban J connectivity index is 1.19. The van der Waals surface area contributed by atoms with Crippen molar-refractivity contribution in [1.29, 1.82) is 0 Å². The number of benzene rings is 2. The van der Waals surface area contributed by atoms with E-state index in [0.29, 0.717) is 35.7 Å². The molecule has 2 saturated heterocycles. The minimum Gasteiger partial charge on any atom is -0.379 e. The van der Waals surface area contributed by atoms with Crippen molar-refractivity contribution in [3.8, 4) is 0 Å². The fourth-order valence-electron chi connectivity index (χ4n) is 5.03. The summed E-state index contributed by atoms with van der Waals surface area (Å²) in [4.78, 5) is 53.3. The third kappa shape index (κ3) is 5.69. The first-order valence-corrected chi connectivity index (χ1v) is 12.9. The maximum atomic E-state index is 12.9.